The normalized spacial score (nSPS) is 35.3. The molecule has 2 rings (SSSR count). The van der Waals surface area contributed by atoms with E-state index in [0.717, 1.165) is 45.1 Å². The van der Waals surface area contributed by atoms with E-state index < -0.39 is 5.60 Å². The van der Waals surface area contributed by atoms with Gasteiger partial charge in [-0.1, -0.05) is 13.8 Å². The minimum Gasteiger partial charge on any atom is -0.389 e. The summed E-state index contributed by atoms with van der Waals surface area (Å²) in [5, 5.41) is 14.2. The van der Waals surface area contributed by atoms with Crippen LogP contribution < -0.4 is 11.1 Å². The maximum absolute atomic E-state index is 10.6. The second-order valence-corrected chi connectivity index (χ2v) is 7.38. The molecule has 0 spiro atoms. The number of hydrogen-bond acceptors (Lipinski definition) is 3. The lowest BCUT2D eigenvalue weighted by Gasteiger charge is -2.41. The van der Waals surface area contributed by atoms with Crippen molar-refractivity contribution in [1.82, 2.24) is 5.32 Å². The van der Waals surface area contributed by atoms with Crippen LogP contribution in [0.4, 0.5) is 0 Å². The highest BCUT2D eigenvalue weighted by Gasteiger charge is 2.36. The van der Waals surface area contributed by atoms with E-state index in [-0.39, 0.29) is 0 Å². The van der Waals surface area contributed by atoms with Crippen molar-refractivity contribution in [3.63, 3.8) is 0 Å². The summed E-state index contributed by atoms with van der Waals surface area (Å²) in [6.45, 7) is 5.38. The molecule has 0 radical (unpaired) electrons. The Balaban J connectivity index is 1.73. The van der Waals surface area contributed by atoms with Gasteiger partial charge in [0.15, 0.2) is 0 Å². The van der Waals surface area contributed by atoms with Gasteiger partial charge in [0.2, 0.25) is 0 Å². The molecule has 3 nitrogen and oxygen atoms in total. The Morgan fingerprint density at radius 2 is 1.61 bits per heavy atom. The van der Waals surface area contributed by atoms with E-state index in [4.69, 9.17) is 5.73 Å². The number of nitrogens with one attached hydrogen (secondary N) is 1. The van der Waals surface area contributed by atoms with Gasteiger partial charge in [0.25, 0.3) is 0 Å². The molecule has 0 atom stereocenters. The molecule has 0 aromatic carbocycles. The Kier molecular flexibility index (Phi) is 4.35. The van der Waals surface area contributed by atoms with Crippen LogP contribution in [0, 0.1) is 5.41 Å². The summed E-state index contributed by atoms with van der Waals surface area (Å²) in [7, 11) is 0. The molecule has 106 valence electrons. The standard InChI is InChI=1S/C15H30N2O/c1-14(2)7-9-15(18,10-8-14)11-17-13-5-3-12(16)4-6-13/h12-13,17-18H,3-11,16H2,1-2H3. The molecular weight excluding hydrogens is 224 g/mol. The number of rotatable bonds is 3. The summed E-state index contributed by atoms with van der Waals surface area (Å²) in [5.74, 6) is 0. The van der Waals surface area contributed by atoms with Gasteiger partial charge in [-0.15, -0.1) is 0 Å². The second kappa shape index (κ2) is 5.48. The fourth-order valence-corrected chi connectivity index (χ4v) is 3.23. The molecule has 4 N–H and O–H groups in total. The van der Waals surface area contributed by atoms with Gasteiger partial charge in [-0.3, -0.25) is 0 Å². The first kappa shape index (κ1) is 14.3. The highest BCUT2D eigenvalue weighted by atomic mass is 16.3. The van der Waals surface area contributed by atoms with Crippen LogP contribution >= 0.6 is 0 Å². The van der Waals surface area contributed by atoms with Crippen LogP contribution in [0.2, 0.25) is 0 Å². The predicted molar refractivity (Wildman–Crippen MR) is 75.4 cm³/mol. The van der Waals surface area contributed by atoms with E-state index in [1.807, 2.05) is 0 Å². The molecule has 0 saturated heterocycles. The molecule has 2 aliphatic carbocycles. The minimum absolute atomic E-state index is 0.404. The van der Waals surface area contributed by atoms with Crippen LogP contribution in [0.5, 0.6) is 0 Å². The van der Waals surface area contributed by atoms with Crippen LogP contribution in [0.25, 0.3) is 0 Å². The van der Waals surface area contributed by atoms with Gasteiger partial charge in [-0.2, -0.15) is 0 Å². The minimum atomic E-state index is -0.463. The molecule has 0 heterocycles. The Hall–Kier alpha value is -0.120. The summed E-state index contributed by atoms with van der Waals surface area (Å²) in [6.07, 6.45) is 8.76. The number of nitrogens with two attached hydrogens (primary N) is 1. The molecule has 0 unspecified atom stereocenters. The first-order valence-electron chi connectivity index (χ1n) is 7.60. The molecule has 3 heteroatoms. The highest BCUT2D eigenvalue weighted by molar-refractivity contribution is 4.92. The molecule has 0 amide bonds. The van der Waals surface area contributed by atoms with Gasteiger partial charge in [0.05, 0.1) is 5.60 Å². The lowest BCUT2D eigenvalue weighted by molar-refractivity contribution is -0.0268. The maximum atomic E-state index is 10.6. The second-order valence-electron chi connectivity index (χ2n) is 7.38. The highest BCUT2D eigenvalue weighted by Crippen LogP contribution is 2.39. The molecule has 0 aromatic heterocycles. The van der Waals surface area contributed by atoms with Gasteiger partial charge < -0.3 is 16.2 Å². The predicted octanol–water partition coefficient (Wildman–Crippen LogP) is 2.18. The van der Waals surface area contributed by atoms with Crippen LogP contribution in [0.15, 0.2) is 0 Å². The Morgan fingerprint density at radius 3 is 2.17 bits per heavy atom. The third-order valence-electron chi connectivity index (χ3n) is 5.03. The SMILES string of the molecule is CC1(C)CCC(O)(CNC2CCC(N)CC2)CC1. The Bertz CT molecular complexity index is 260. The molecule has 0 bridgehead atoms. The zero-order valence-corrected chi connectivity index (χ0v) is 12.0. The quantitative estimate of drug-likeness (QED) is 0.723. The number of hydrogen-bond donors (Lipinski definition) is 3. The van der Waals surface area contributed by atoms with Gasteiger partial charge in [0, 0.05) is 18.6 Å². The largest absolute Gasteiger partial charge is 0.389 e. The maximum Gasteiger partial charge on any atom is 0.0772 e. The first-order valence-corrected chi connectivity index (χ1v) is 7.60. The smallest absolute Gasteiger partial charge is 0.0772 e. The average molecular weight is 254 g/mol. The topological polar surface area (TPSA) is 58.3 Å². The van der Waals surface area contributed by atoms with Crippen molar-refractivity contribution in [2.75, 3.05) is 6.54 Å². The van der Waals surface area contributed by atoms with Crippen LogP contribution in [-0.2, 0) is 0 Å². The molecular formula is C15H30N2O. The molecule has 2 aliphatic rings. The van der Waals surface area contributed by atoms with E-state index >= 15 is 0 Å². The fraction of sp³-hybridized carbons (Fsp3) is 1.00. The van der Waals surface area contributed by atoms with Gasteiger partial charge in [-0.25, -0.2) is 0 Å². The fourth-order valence-electron chi connectivity index (χ4n) is 3.23. The van der Waals surface area contributed by atoms with Crippen molar-refractivity contribution < 1.29 is 5.11 Å². The third-order valence-corrected chi connectivity index (χ3v) is 5.03. The molecule has 0 aromatic rings. The van der Waals surface area contributed by atoms with Gasteiger partial charge >= 0.3 is 0 Å². The summed E-state index contributed by atoms with van der Waals surface area (Å²) < 4.78 is 0. The lowest BCUT2D eigenvalue weighted by Crippen LogP contribution is -2.49. The zero-order valence-electron chi connectivity index (χ0n) is 12.0. The van der Waals surface area contributed by atoms with Crippen molar-refractivity contribution in [2.24, 2.45) is 11.1 Å². The van der Waals surface area contributed by atoms with Gasteiger partial charge in [0.1, 0.15) is 0 Å². The molecule has 2 saturated carbocycles. The lowest BCUT2D eigenvalue weighted by atomic mass is 9.71. The van der Waals surface area contributed by atoms with Crippen LogP contribution in [0.1, 0.15) is 65.2 Å². The zero-order chi connectivity index (χ0) is 13.2. The van der Waals surface area contributed by atoms with Crippen LogP contribution in [-0.4, -0.2) is 29.3 Å². The monoisotopic (exact) mass is 254 g/mol. The van der Waals surface area contributed by atoms with E-state index in [0.29, 0.717) is 17.5 Å². The average Bonchev–Trinajstić information content (AvgIpc) is 2.33. The van der Waals surface area contributed by atoms with Crippen molar-refractivity contribution in [1.29, 1.82) is 0 Å². The summed E-state index contributed by atoms with van der Waals surface area (Å²) in [6, 6.07) is 0.977. The first-order chi connectivity index (χ1) is 8.39. The van der Waals surface area contributed by atoms with Crippen molar-refractivity contribution in [3.05, 3.63) is 0 Å². The summed E-state index contributed by atoms with van der Waals surface area (Å²) >= 11 is 0. The Labute approximate surface area is 112 Å². The van der Waals surface area contributed by atoms with E-state index in [9.17, 15) is 5.11 Å². The van der Waals surface area contributed by atoms with E-state index in [2.05, 4.69) is 19.2 Å². The summed E-state index contributed by atoms with van der Waals surface area (Å²) in [4.78, 5) is 0. The third kappa shape index (κ3) is 3.94. The van der Waals surface area contributed by atoms with Crippen molar-refractivity contribution >= 4 is 0 Å². The molecule has 2 fully saturated rings. The summed E-state index contributed by atoms with van der Waals surface area (Å²) in [5.41, 5.74) is 5.87. The van der Waals surface area contributed by atoms with Crippen molar-refractivity contribution in [2.45, 2.75) is 82.9 Å². The van der Waals surface area contributed by atoms with Crippen molar-refractivity contribution in [3.8, 4) is 0 Å². The van der Waals surface area contributed by atoms with E-state index in [1.165, 1.54) is 12.8 Å². The van der Waals surface area contributed by atoms with Crippen LogP contribution in [0.3, 0.4) is 0 Å². The van der Waals surface area contributed by atoms with E-state index in [1.54, 1.807) is 0 Å². The molecule has 18 heavy (non-hydrogen) atoms. The van der Waals surface area contributed by atoms with Gasteiger partial charge in [-0.05, 0) is 56.8 Å². The molecule has 0 aliphatic heterocycles. The Morgan fingerprint density at radius 1 is 1.06 bits per heavy atom. The number of aliphatic hydroxyl groups is 1.